The Hall–Kier alpha value is -0.220. The van der Waals surface area contributed by atoms with Crippen LogP contribution in [0.2, 0.25) is 0 Å². The van der Waals surface area contributed by atoms with Crippen LogP contribution in [0, 0.1) is 0 Å². The molecule has 0 spiro atoms. The molecule has 0 saturated carbocycles. The zero-order chi connectivity index (χ0) is 11.0. The van der Waals surface area contributed by atoms with Crippen LogP contribution in [0.1, 0.15) is 26.7 Å². The molecule has 1 N–H and O–H groups in total. The Morgan fingerprint density at radius 3 is 2.50 bits per heavy atom. The number of nitrogens with zero attached hydrogens (tertiary/aromatic N) is 1. The molecule has 0 aliphatic heterocycles. The zero-order valence-electron chi connectivity index (χ0n) is 9.39. The molecule has 0 radical (unpaired) electrons. The third-order valence-corrected chi connectivity index (χ3v) is 2.40. The number of hydrogen-bond donors (Lipinski definition) is 1. The lowest BCUT2D eigenvalue weighted by molar-refractivity contribution is 0.0820. The Bertz CT molecular complexity index is 131. The fourth-order valence-electron chi connectivity index (χ4n) is 1.32. The van der Waals surface area contributed by atoms with E-state index in [9.17, 15) is 8.78 Å². The lowest BCUT2D eigenvalue weighted by Gasteiger charge is -2.24. The van der Waals surface area contributed by atoms with Gasteiger partial charge in [0.25, 0.3) is 6.43 Å². The van der Waals surface area contributed by atoms with Gasteiger partial charge >= 0.3 is 0 Å². The third kappa shape index (κ3) is 7.21. The summed E-state index contributed by atoms with van der Waals surface area (Å²) in [4.78, 5) is 1.72. The van der Waals surface area contributed by atoms with Crippen molar-refractivity contribution in [3.05, 3.63) is 0 Å². The lowest BCUT2D eigenvalue weighted by Crippen LogP contribution is -2.33. The quantitative estimate of drug-likeness (QED) is 0.613. The molecule has 0 aliphatic carbocycles. The first kappa shape index (κ1) is 13.8. The van der Waals surface area contributed by atoms with Gasteiger partial charge in [0.15, 0.2) is 0 Å². The van der Waals surface area contributed by atoms with E-state index in [1.165, 1.54) is 0 Å². The smallest absolute Gasteiger partial charge is 0.251 e. The molecule has 0 fully saturated rings. The van der Waals surface area contributed by atoms with Crippen molar-refractivity contribution in [3.63, 3.8) is 0 Å². The number of alkyl halides is 2. The summed E-state index contributed by atoms with van der Waals surface area (Å²) in [5.74, 6) is 0. The van der Waals surface area contributed by atoms with Crippen LogP contribution in [-0.4, -0.2) is 44.0 Å². The second-order valence-electron chi connectivity index (χ2n) is 3.68. The lowest BCUT2D eigenvalue weighted by atomic mass is 10.1. The summed E-state index contributed by atoms with van der Waals surface area (Å²) in [7, 11) is 1.75. The molecule has 4 heteroatoms. The van der Waals surface area contributed by atoms with Gasteiger partial charge in [-0.25, -0.2) is 8.78 Å². The van der Waals surface area contributed by atoms with Gasteiger partial charge in [0, 0.05) is 6.04 Å². The van der Waals surface area contributed by atoms with Gasteiger partial charge in [-0.2, -0.15) is 0 Å². The highest BCUT2D eigenvalue weighted by Crippen LogP contribution is 2.06. The van der Waals surface area contributed by atoms with E-state index in [0.29, 0.717) is 0 Å². The van der Waals surface area contributed by atoms with E-state index in [4.69, 9.17) is 0 Å². The molecule has 1 unspecified atom stereocenters. The number of rotatable bonds is 8. The van der Waals surface area contributed by atoms with Crippen LogP contribution in [0.3, 0.4) is 0 Å². The highest BCUT2D eigenvalue weighted by Gasteiger charge is 2.13. The molecular weight excluding hydrogens is 186 g/mol. The second-order valence-corrected chi connectivity index (χ2v) is 3.68. The van der Waals surface area contributed by atoms with Crippen molar-refractivity contribution < 1.29 is 8.78 Å². The highest BCUT2D eigenvalue weighted by molar-refractivity contribution is 4.64. The van der Waals surface area contributed by atoms with Crippen molar-refractivity contribution in [3.8, 4) is 0 Å². The molecule has 0 rings (SSSR count). The van der Waals surface area contributed by atoms with E-state index in [1.54, 1.807) is 11.9 Å². The molecule has 14 heavy (non-hydrogen) atoms. The Labute approximate surface area is 85.7 Å². The maximum atomic E-state index is 12.0. The van der Waals surface area contributed by atoms with Gasteiger partial charge in [-0.15, -0.1) is 0 Å². The van der Waals surface area contributed by atoms with Crippen LogP contribution in [0.15, 0.2) is 0 Å². The topological polar surface area (TPSA) is 15.3 Å². The minimum absolute atomic E-state index is 0.123. The second kappa shape index (κ2) is 8.12. The summed E-state index contributed by atoms with van der Waals surface area (Å²) < 4.78 is 24.1. The summed E-state index contributed by atoms with van der Waals surface area (Å²) in [6, 6.07) is 0.239. The predicted octanol–water partition coefficient (Wildman–Crippen LogP) is 1.96. The normalized spacial score (nSPS) is 13.9. The van der Waals surface area contributed by atoms with Crippen molar-refractivity contribution in [1.29, 1.82) is 0 Å². The summed E-state index contributed by atoms with van der Waals surface area (Å²) in [6.07, 6.45) is -0.213. The number of hydrogen-bond acceptors (Lipinski definition) is 2. The first-order chi connectivity index (χ1) is 6.57. The van der Waals surface area contributed by atoms with Crippen molar-refractivity contribution >= 4 is 0 Å². The van der Waals surface area contributed by atoms with Crippen molar-refractivity contribution in [1.82, 2.24) is 10.2 Å². The van der Waals surface area contributed by atoms with Gasteiger partial charge in [-0.3, -0.25) is 4.90 Å². The third-order valence-electron chi connectivity index (χ3n) is 2.40. The van der Waals surface area contributed by atoms with Crippen molar-refractivity contribution in [2.75, 3.05) is 26.7 Å². The molecule has 0 heterocycles. The number of nitrogens with one attached hydrogen (secondary N) is 1. The van der Waals surface area contributed by atoms with Crippen LogP contribution < -0.4 is 5.32 Å². The fourth-order valence-corrected chi connectivity index (χ4v) is 1.32. The van der Waals surface area contributed by atoms with Gasteiger partial charge in [-0.05, 0) is 39.9 Å². The van der Waals surface area contributed by atoms with Crippen LogP contribution in [0.4, 0.5) is 8.78 Å². The summed E-state index contributed by atoms with van der Waals surface area (Å²) >= 11 is 0. The van der Waals surface area contributed by atoms with Gasteiger partial charge in [-0.1, -0.05) is 6.92 Å². The molecule has 86 valence electrons. The minimum atomic E-state index is -2.23. The standard InChI is InChI=1S/C10H22F2N2/c1-4-13-7-5-6-9(2)14(3)8-10(11)12/h9-10,13H,4-8H2,1-3H3. The monoisotopic (exact) mass is 208 g/mol. The Balaban J connectivity index is 3.46. The van der Waals surface area contributed by atoms with E-state index in [-0.39, 0.29) is 12.6 Å². The molecule has 0 bridgehead atoms. The van der Waals surface area contributed by atoms with E-state index in [1.807, 2.05) is 6.92 Å². The molecular formula is C10H22F2N2. The molecule has 1 atom stereocenters. The van der Waals surface area contributed by atoms with Crippen molar-refractivity contribution in [2.24, 2.45) is 0 Å². The van der Waals surface area contributed by atoms with Crippen LogP contribution >= 0.6 is 0 Å². The Kier molecular flexibility index (Phi) is 7.99. The largest absolute Gasteiger partial charge is 0.317 e. The summed E-state index contributed by atoms with van der Waals surface area (Å²) in [5.41, 5.74) is 0. The first-order valence-corrected chi connectivity index (χ1v) is 5.27. The predicted molar refractivity (Wildman–Crippen MR) is 55.9 cm³/mol. The van der Waals surface area contributed by atoms with Crippen LogP contribution in [0.5, 0.6) is 0 Å². The van der Waals surface area contributed by atoms with Crippen LogP contribution in [0.25, 0.3) is 0 Å². The van der Waals surface area contributed by atoms with E-state index < -0.39 is 6.43 Å². The van der Waals surface area contributed by atoms with Gasteiger partial charge in [0.2, 0.25) is 0 Å². The van der Waals surface area contributed by atoms with Crippen LogP contribution in [-0.2, 0) is 0 Å². The SMILES string of the molecule is CCNCCCC(C)N(C)CC(F)F. The highest BCUT2D eigenvalue weighted by atomic mass is 19.3. The maximum absolute atomic E-state index is 12.0. The molecule has 0 aromatic rings. The van der Waals surface area contributed by atoms with E-state index in [2.05, 4.69) is 12.2 Å². The molecule has 0 aliphatic rings. The van der Waals surface area contributed by atoms with Gasteiger partial charge in [0.1, 0.15) is 0 Å². The maximum Gasteiger partial charge on any atom is 0.251 e. The summed E-state index contributed by atoms with van der Waals surface area (Å²) in [5, 5.41) is 3.22. The fraction of sp³-hybridized carbons (Fsp3) is 1.00. The molecule has 0 aromatic carbocycles. The Morgan fingerprint density at radius 2 is 2.00 bits per heavy atom. The molecule has 0 saturated heterocycles. The van der Waals surface area contributed by atoms with Gasteiger partial charge in [0.05, 0.1) is 6.54 Å². The zero-order valence-corrected chi connectivity index (χ0v) is 9.39. The average molecular weight is 208 g/mol. The molecule has 2 nitrogen and oxygen atoms in total. The minimum Gasteiger partial charge on any atom is -0.317 e. The van der Waals surface area contributed by atoms with E-state index in [0.717, 1.165) is 25.9 Å². The molecule has 0 amide bonds. The van der Waals surface area contributed by atoms with E-state index >= 15 is 0 Å². The Morgan fingerprint density at radius 1 is 1.36 bits per heavy atom. The molecule has 0 aromatic heterocycles. The average Bonchev–Trinajstić information content (AvgIpc) is 2.11. The van der Waals surface area contributed by atoms with Crippen molar-refractivity contribution in [2.45, 2.75) is 39.2 Å². The summed E-state index contributed by atoms with van der Waals surface area (Å²) in [6.45, 7) is 5.88. The van der Waals surface area contributed by atoms with Gasteiger partial charge < -0.3 is 5.32 Å². The first-order valence-electron chi connectivity index (χ1n) is 5.27. The number of halogens is 2.